The predicted molar refractivity (Wildman–Crippen MR) is 67.4 cm³/mol. The van der Waals surface area contributed by atoms with Gasteiger partial charge in [-0.2, -0.15) is 5.10 Å². The second-order valence-corrected chi connectivity index (χ2v) is 4.72. The van der Waals surface area contributed by atoms with Crippen LogP contribution in [0.25, 0.3) is 0 Å². The maximum atomic E-state index is 11.9. The van der Waals surface area contributed by atoms with Crippen molar-refractivity contribution < 1.29 is 14.6 Å². The van der Waals surface area contributed by atoms with Crippen LogP contribution in [0, 0.1) is 6.92 Å². The fourth-order valence-electron chi connectivity index (χ4n) is 1.60. The number of nitrogens with one attached hydrogen (secondary N) is 1. The Balaban J connectivity index is 2.53. The molecule has 0 fully saturated rings. The van der Waals surface area contributed by atoms with Crippen molar-refractivity contribution in [2.24, 2.45) is 7.05 Å². The predicted octanol–water partition coefficient (Wildman–Crippen LogP) is 0.246. The molecule has 1 aromatic heterocycles. The minimum Gasteiger partial charge on any atom is -0.388 e. The maximum absolute atomic E-state index is 11.9. The fourth-order valence-corrected chi connectivity index (χ4v) is 1.60. The summed E-state index contributed by atoms with van der Waals surface area (Å²) in [5, 5.41) is 16.8. The Labute approximate surface area is 107 Å². The van der Waals surface area contributed by atoms with E-state index in [4.69, 9.17) is 4.74 Å². The Hall–Kier alpha value is -1.40. The summed E-state index contributed by atoms with van der Waals surface area (Å²) in [6, 6.07) is 0. The zero-order valence-corrected chi connectivity index (χ0v) is 11.4. The molecule has 0 aromatic carbocycles. The highest BCUT2D eigenvalue weighted by atomic mass is 16.5. The Bertz CT molecular complexity index is 413. The number of aryl methyl sites for hydroxylation is 2. The van der Waals surface area contributed by atoms with Crippen molar-refractivity contribution in [2.75, 3.05) is 20.3 Å². The molecule has 0 aliphatic carbocycles. The molecule has 1 heterocycles. The third-order valence-electron chi connectivity index (χ3n) is 2.73. The van der Waals surface area contributed by atoms with E-state index < -0.39 is 5.60 Å². The van der Waals surface area contributed by atoms with E-state index in [9.17, 15) is 9.90 Å². The summed E-state index contributed by atoms with van der Waals surface area (Å²) in [5.41, 5.74) is 0.230. The zero-order chi connectivity index (χ0) is 13.8. The summed E-state index contributed by atoms with van der Waals surface area (Å²) in [5.74, 6) is -0.224. The molecule has 102 valence electrons. The lowest BCUT2D eigenvalue weighted by atomic mass is 10.0. The van der Waals surface area contributed by atoms with Crippen LogP contribution in [0.5, 0.6) is 0 Å². The van der Waals surface area contributed by atoms with E-state index in [1.807, 2.05) is 0 Å². The molecule has 6 heteroatoms. The van der Waals surface area contributed by atoms with E-state index in [1.54, 1.807) is 38.9 Å². The first-order valence-corrected chi connectivity index (χ1v) is 5.85. The molecule has 0 aliphatic rings. The van der Waals surface area contributed by atoms with Gasteiger partial charge >= 0.3 is 0 Å². The molecule has 0 radical (unpaired) electrons. The highest BCUT2D eigenvalue weighted by molar-refractivity contribution is 5.95. The number of methoxy groups -OCH3 is 1. The number of carbonyl (C=O) groups is 1. The lowest BCUT2D eigenvalue weighted by molar-refractivity contribution is 0.0243. The van der Waals surface area contributed by atoms with Gasteiger partial charge in [0, 0.05) is 39.9 Å². The van der Waals surface area contributed by atoms with Crippen LogP contribution in [0.1, 0.15) is 29.4 Å². The molecule has 0 saturated carbocycles. The SMILES string of the molecule is COCCC(C)(O)CNC(=O)c1cn(C)nc1C. The second-order valence-electron chi connectivity index (χ2n) is 4.72. The number of rotatable bonds is 6. The molecule has 0 saturated heterocycles. The van der Waals surface area contributed by atoms with Gasteiger partial charge in [0.15, 0.2) is 0 Å². The first kappa shape index (κ1) is 14.7. The summed E-state index contributed by atoms with van der Waals surface area (Å²) >= 11 is 0. The van der Waals surface area contributed by atoms with Gasteiger partial charge in [-0.3, -0.25) is 9.48 Å². The van der Waals surface area contributed by atoms with Crippen molar-refractivity contribution in [1.29, 1.82) is 0 Å². The number of amides is 1. The third-order valence-corrected chi connectivity index (χ3v) is 2.73. The molecule has 0 spiro atoms. The van der Waals surface area contributed by atoms with Crippen LogP contribution in [0.15, 0.2) is 6.20 Å². The number of hydrogen-bond donors (Lipinski definition) is 2. The molecular formula is C12H21N3O3. The van der Waals surface area contributed by atoms with Crippen molar-refractivity contribution in [2.45, 2.75) is 25.9 Å². The fraction of sp³-hybridized carbons (Fsp3) is 0.667. The highest BCUT2D eigenvalue weighted by Gasteiger charge is 2.22. The van der Waals surface area contributed by atoms with Crippen molar-refractivity contribution in [3.63, 3.8) is 0 Å². The Morgan fingerprint density at radius 1 is 1.67 bits per heavy atom. The van der Waals surface area contributed by atoms with Gasteiger partial charge in [-0.1, -0.05) is 0 Å². The van der Waals surface area contributed by atoms with Gasteiger partial charge in [-0.25, -0.2) is 0 Å². The molecule has 2 N–H and O–H groups in total. The number of carbonyl (C=O) groups excluding carboxylic acids is 1. The van der Waals surface area contributed by atoms with Gasteiger partial charge < -0.3 is 15.2 Å². The summed E-state index contributed by atoms with van der Waals surface area (Å²) < 4.78 is 6.50. The number of aromatic nitrogens is 2. The molecule has 0 bridgehead atoms. The van der Waals surface area contributed by atoms with Crippen LogP contribution in [0.2, 0.25) is 0 Å². The molecule has 1 unspecified atom stereocenters. The lowest BCUT2D eigenvalue weighted by Gasteiger charge is -2.23. The topological polar surface area (TPSA) is 76.4 Å². The van der Waals surface area contributed by atoms with Crippen LogP contribution in [-0.2, 0) is 11.8 Å². The maximum Gasteiger partial charge on any atom is 0.254 e. The third kappa shape index (κ3) is 4.12. The number of nitrogens with zero attached hydrogens (tertiary/aromatic N) is 2. The van der Waals surface area contributed by atoms with Crippen molar-refractivity contribution >= 4 is 5.91 Å². The standard InChI is InChI=1S/C12H21N3O3/c1-9-10(7-15(3)14-9)11(16)13-8-12(2,17)5-6-18-4/h7,17H,5-6,8H2,1-4H3,(H,13,16). The van der Waals surface area contributed by atoms with Crippen LogP contribution < -0.4 is 5.32 Å². The molecule has 6 nitrogen and oxygen atoms in total. The molecule has 0 aliphatic heterocycles. The van der Waals surface area contributed by atoms with E-state index in [0.717, 1.165) is 0 Å². The Morgan fingerprint density at radius 2 is 2.33 bits per heavy atom. The second kappa shape index (κ2) is 5.97. The smallest absolute Gasteiger partial charge is 0.254 e. The average molecular weight is 255 g/mol. The molecule has 18 heavy (non-hydrogen) atoms. The number of aliphatic hydroxyl groups is 1. The highest BCUT2D eigenvalue weighted by Crippen LogP contribution is 2.09. The molecule has 1 atom stereocenters. The molecule has 1 amide bonds. The number of hydrogen-bond acceptors (Lipinski definition) is 4. The normalized spacial score (nSPS) is 14.3. The van der Waals surface area contributed by atoms with Crippen LogP contribution >= 0.6 is 0 Å². The van der Waals surface area contributed by atoms with E-state index in [2.05, 4.69) is 10.4 Å². The van der Waals surface area contributed by atoms with Gasteiger partial charge in [0.25, 0.3) is 5.91 Å². The monoisotopic (exact) mass is 255 g/mol. The van der Waals surface area contributed by atoms with Crippen molar-refractivity contribution in [3.05, 3.63) is 17.5 Å². The van der Waals surface area contributed by atoms with Crippen LogP contribution in [0.4, 0.5) is 0 Å². The number of ether oxygens (including phenoxy) is 1. The van der Waals surface area contributed by atoms with E-state index >= 15 is 0 Å². The van der Waals surface area contributed by atoms with E-state index in [1.165, 1.54) is 0 Å². The first-order chi connectivity index (χ1) is 8.35. The van der Waals surface area contributed by atoms with Gasteiger partial charge in [0.2, 0.25) is 0 Å². The summed E-state index contributed by atoms with van der Waals surface area (Å²) in [6.07, 6.45) is 2.13. The molecule has 1 aromatic rings. The average Bonchev–Trinajstić information content (AvgIpc) is 2.63. The molecule has 1 rings (SSSR count). The largest absolute Gasteiger partial charge is 0.388 e. The quantitative estimate of drug-likeness (QED) is 0.763. The van der Waals surface area contributed by atoms with E-state index in [-0.39, 0.29) is 12.5 Å². The van der Waals surface area contributed by atoms with Gasteiger partial charge in [0.05, 0.1) is 16.9 Å². The minimum atomic E-state index is -0.970. The lowest BCUT2D eigenvalue weighted by Crippen LogP contribution is -2.41. The van der Waals surface area contributed by atoms with Crippen LogP contribution in [0.3, 0.4) is 0 Å². The van der Waals surface area contributed by atoms with Crippen LogP contribution in [-0.4, -0.2) is 46.7 Å². The van der Waals surface area contributed by atoms with Crippen molar-refractivity contribution in [3.8, 4) is 0 Å². The Morgan fingerprint density at radius 3 is 2.83 bits per heavy atom. The van der Waals surface area contributed by atoms with Gasteiger partial charge in [0.1, 0.15) is 0 Å². The summed E-state index contributed by atoms with van der Waals surface area (Å²) in [4.78, 5) is 11.9. The summed E-state index contributed by atoms with van der Waals surface area (Å²) in [7, 11) is 3.34. The Kier molecular flexibility index (Phi) is 4.86. The van der Waals surface area contributed by atoms with Gasteiger partial charge in [-0.05, 0) is 13.8 Å². The zero-order valence-electron chi connectivity index (χ0n) is 11.4. The first-order valence-electron chi connectivity index (χ1n) is 5.85. The summed E-state index contributed by atoms with van der Waals surface area (Å²) in [6.45, 7) is 4.08. The minimum absolute atomic E-state index is 0.184. The van der Waals surface area contributed by atoms with Gasteiger partial charge in [-0.15, -0.1) is 0 Å². The van der Waals surface area contributed by atoms with E-state index in [0.29, 0.717) is 24.3 Å². The van der Waals surface area contributed by atoms with Crippen molar-refractivity contribution in [1.82, 2.24) is 15.1 Å². The molecular weight excluding hydrogens is 234 g/mol.